The molecule has 0 radical (unpaired) electrons. The third-order valence-electron chi connectivity index (χ3n) is 4.22. The Labute approximate surface area is 188 Å². The van der Waals surface area contributed by atoms with Crippen LogP contribution in [0.4, 0.5) is 11.4 Å². The van der Waals surface area contributed by atoms with E-state index in [4.69, 9.17) is 23.2 Å². The van der Waals surface area contributed by atoms with Gasteiger partial charge in [-0.3, -0.25) is 9.59 Å². The lowest BCUT2D eigenvalue weighted by Gasteiger charge is -2.09. The van der Waals surface area contributed by atoms with Gasteiger partial charge in [-0.15, -0.1) is 10.2 Å². The van der Waals surface area contributed by atoms with E-state index in [2.05, 4.69) is 20.8 Å². The molecular weight excluding hydrogens is 445 g/mol. The number of rotatable bonds is 7. The van der Waals surface area contributed by atoms with Gasteiger partial charge in [0.05, 0.1) is 27.9 Å². The summed E-state index contributed by atoms with van der Waals surface area (Å²) in [6.45, 7) is 1.92. The Bertz CT molecular complexity index is 1090. The zero-order valence-electron chi connectivity index (χ0n) is 16.3. The molecule has 0 aliphatic heterocycles. The van der Waals surface area contributed by atoms with Crippen LogP contribution < -0.4 is 10.6 Å². The summed E-state index contributed by atoms with van der Waals surface area (Å²) < 4.78 is 1.70. The third-order valence-corrected chi connectivity index (χ3v) is 6.06. The number of nitrogens with one attached hydrogen (secondary N) is 2. The highest BCUT2D eigenvalue weighted by atomic mass is 35.5. The lowest BCUT2D eigenvalue weighted by Crippen LogP contribution is -2.18. The van der Waals surface area contributed by atoms with E-state index < -0.39 is 0 Å². The van der Waals surface area contributed by atoms with Gasteiger partial charge in [-0.2, -0.15) is 0 Å². The quantitative estimate of drug-likeness (QED) is 0.508. The van der Waals surface area contributed by atoms with Crippen molar-refractivity contribution >= 4 is 58.2 Å². The fourth-order valence-electron chi connectivity index (χ4n) is 2.59. The van der Waals surface area contributed by atoms with Crippen LogP contribution in [0, 0.1) is 6.92 Å². The molecule has 0 unspecified atom stereocenters. The molecule has 0 atom stereocenters. The molecule has 0 saturated heterocycles. The zero-order chi connectivity index (χ0) is 21.7. The van der Waals surface area contributed by atoms with Gasteiger partial charge >= 0.3 is 0 Å². The number of aromatic nitrogens is 3. The monoisotopic (exact) mass is 463 g/mol. The van der Waals surface area contributed by atoms with Crippen molar-refractivity contribution in [1.29, 1.82) is 0 Å². The number of benzene rings is 2. The van der Waals surface area contributed by atoms with Crippen molar-refractivity contribution in [2.24, 2.45) is 7.05 Å². The van der Waals surface area contributed by atoms with Crippen LogP contribution in [0.25, 0.3) is 0 Å². The normalized spacial score (nSPS) is 10.7. The van der Waals surface area contributed by atoms with Crippen LogP contribution in [-0.2, 0) is 23.1 Å². The van der Waals surface area contributed by atoms with Crippen molar-refractivity contribution in [2.45, 2.75) is 18.5 Å². The summed E-state index contributed by atoms with van der Waals surface area (Å²) in [7, 11) is 1.75. The highest BCUT2D eigenvalue weighted by Crippen LogP contribution is 2.29. The Morgan fingerprint density at radius 1 is 1.00 bits per heavy atom. The molecule has 0 fully saturated rings. The molecule has 0 aliphatic carbocycles. The third kappa shape index (κ3) is 5.53. The van der Waals surface area contributed by atoms with E-state index in [9.17, 15) is 9.59 Å². The number of anilines is 2. The highest BCUT2D eigenvalue weighted by Gasteiger charge is 2.15. The largest absolute Gasteiger partial charge is 0.325 e. The highest BCUT2D eigenvalue weighted by molar-refractivity contribution is 7.99. The minimum Gasteiger partial charge on any atom is -0.325 e. The van der Waals surface area contributed by atoms with Gasteiger partial charge in [0.2, 0.25) is 11.8 Å². The lowest BCUT2D eigenvalue weighted by molar-refractivity contribution is -0.116. The van der Waals surface area contributed by atoms with Crippen LogP contribution in [0.5, 0.6) is 0 Å². The molecule has 156 valence electrons. The van der Waals surface area contributed by atoms with Gasteiger partial charge in [-0.1, -0.05) is 59.2 Å². The molecule has 1 heterocycles. The lowest BCUT2D eigenvalue weighted by atomic mass is 10.2. The van der Waals surface area contributed by atoms with E-state index >= 15 is 0 Å². The van der Waals surface area contributed by atoms with Gasteiger partial charge in [0.15, 0.2) is 5.16 Å². The Hall–Kier alpha value is -2.55. The molecule has 30 heavy (non-hydrogen) atoms. The van der Waals surface area contributed by atoms with E-state index in [1.165, 1.54) is 11.8 Å². The first-order valence-electron chi connectivity index (χ1n) is 8.95. The number of halogens is 2. The fraction of sp³-hybridized carbons (Fsp3) is 0.200. The van der Waals surface area contributed by atoms with E-state index in [0.717, 1.165) is 11.3 Å². The van der Waals surface area contributed by atoms with Gasteiger partial charge in [0, 0.05) is 12.7 Å². The molecule has 0 saturated carbocycles. The molecule has 0 bridgehead atoms. The van der Waals surface area contributed by atoms with E-state index in [-0.39, 0.29) is 29.0 Å². The molecule has 1 aromatic heterocycles. The van der Waals surface area contributed by atoms with Crippen LogP contribution in [0.2, 0.25) is 10.0 Å². The molecule has 2 aromatic carbocycles. The van der Waals surface area contributed by atoms with Crippen LogP contribution in [0.3, 0.4) is 0 Å². The molecule has 7 nitrogen and oxygen atoms in total. The number of para-hydroxylation sites is 1. The number of aryl methyl sites for hydroxylation is 1. The summed E-state index contributed by atoms with van der Waals surface area (Å²) in [5, 5.41) is 14.9. The molecule has 10 heteroatoms. The van der Waals surface area contributed by atoms with Crippen molar-refractivity contribution in [2.75, 3.05) is 16.4 Å². The first kappa shape index (κ1) is 22.1. The first-order valence-corrected chi connectivity index (χ1v) is 10.7. The Morgan fingerprint density at radius 3 is 2.47 bits per heavy atom. The maximum Gasteiger partial charge on any atom is 0.234 e. The van der Waals surface area contributed by atoms with Crippen molar-refractivity contribution in [3.63, 3.8) is 0 Å². The standard InChI is InChI=1S/C20H19Cl2N5O2S/c1-12-6-3-4-8-14(12)23-17(28)10-16-25-26-20(27(16)2)30-11-18(29)24-15-9-5-7-13(21)19(15)22/h3-9H,10-11H2,1-2H3,(H,23,28)(H,24,29). The maximum absolute atomic E-state index is 12.3. The molecular formula is C20H19Cl2N5O2S. The molecule has 3 aromatic rings. The van der Waals surface area contributed by atoms with Crippen LogP contribution >= 0.6 is 35.0 Å². The molecule has 2 amide bonds. The number of hydrogen-bond donors (Lipinski definition) is 2. The summed E-state index contributed by atoms with van der Waals surface area (Å²) in [4.78, 5) is 24.6. The number of carbonyl (C=O) groups excluding carboxylic acids is 2. The summed E-state index contributed by atoms with van der Waals surface area (Å²) >= 11 is 13.2. The second kappa shape index (κ2) is 9.97. The Morgan fingerprint density at radius 2 is 1.70 bits per heavy atom. The SMILES string of the molecule is Cc1ccccc1NC(=O)Cc1nnc(SCC(=O)Nc2cccc(Cl)c2Cl)n1C. The van der Waals surface area contributed by atoms with Crippen molar-refractivity contribution in [3.05, 3.63) is 63.9 Å². The fourth-order valence-corrected chi connectivity index (χ4v) is 3.67. The predicted octanol–water partition coefficient (Wildman–Crippen LogP) is 4.34. The topological polar surface area (TPSA) is 88.9 Å². The second-order valence-electron chi connectivity index (χ2n) is 6.44. The predicted molar refractivity (Wildman–Crippen MR) is 120 cm³/mol. The second-order valence-corrected chi connectivity index (χ2v) is 8.16. The van der Waals surface area contributed by atoms with E-state index in [1.807, 2.05) is 31.2 Å². The molecule has 0 aliphatic rings. The number of thioether (sulfide) groups is 1. The van der Waals surface area contributed by atoms with Crippen LogP contribution in [-0.4, -0.2) is 32.3 Å². The summed E-state index contributed by atoms with van der Waals surface area (Å²) in [6.07, 6.45) is 0.0721. The van der Waals surface area contributed by atoms with Gasteiger partial charge in [-0.05, 0) is 30.7 Å². The zero-order valence-corrected chi connectivity index (χ0v) is 18.6. The Kier molecular flexibility index (Phi) is 7.36. The molecule has 2 N–H and O–H groups in total. The number of amides is 2. The number of hydrogen-bond acceptors (Lipinski definition) is 5. The van der Waals surface area contributed by atoms with Crippen molar-refractivity contribution < 1.29 is 9.59 Å². The van der Waals surface area contributed by atoms with E-state index in [0.29, 0.717) is 21.7 Å². The smallest absolute Gasteiger partial charge is 0.234 e. The van der Waals surface area contributed by atoms with Crippen LogP contribution in [0.15, 0.2) is 47.6 Å². The Balaban J connectivity index is 1.56. The van der Waals surface area contributed by atoms with Gasteiger partial charge in [0.25, 0.3) is 0 Å². The number of carbonyl (C=O) groups is 2. The average molecular weight is 464 g/mol. The van der Waals surface area contributed by atoms with Gasteiger partial charge < -0.3 is 15.2 Å². The number of nitrogens with zero attached hydrogens (tertiary/aromatic N) is 3. The first-order chi connectivity index (χ1) is 14.3. The molecule has 3 rings (SSSR count). The molecule has 0 spiro atoms. The minimum atomic E-state index is -0.258. The van der Waals surface area contributed by atoms with Crippen molar-refractivity contribution in [3.8, 4) is 0 Å². The summed E-state index contributed by atoms with van der Waals surface area (Å²) in [5.41, 5.74) is 2.18. The average Bonchev–Trinajstić information content (AvgIpc) is 3.05. The van der Waals surface area contributed by atoms with Crippen molar-refractivity contribution in [1.82, 2.24) is 14.8 Å². The van der Waals surface area contributed by atoms with E-state index in [1.54, 1.807) is 29.8 Å². The maximum atomic E-state index is 12.3. The minimum absolute atomic E-state index is 0.0721. The van der Waals surface area contributed by atoms with Crippen LogP contribution in [0.1, 0.15) is 11.4 Å². The summed E-state index contributed by atoms with van der Waals surface area (Å²) in [6, 6.07) is 12.6. The summed E-state index contributed by atoms with van der Waals surface area (Å²) in [5.74, 6) is 0.155. The van der Waals surface area contributed by atoms with Gasteiger partial charge in [0.1, 0.15) is 5.82 Å². The van der Waals surface area contributed by atoms with Gasteiger partial charge in [-0.25, -0.2) is 0 Å².